The molecule has 0 saturated heterocycles. The second-order valence-corrected chi connectivity index (χ2v) is 4.59. The van der Waals surface area contributed by atoms with Crippen LogP contribution in [0.5, 0.6) is 0 Å². The van der Waals surface area contributed by atoms with Crippen molar-refractivity contribution in [3.63, 3.8) is 0 Å². The predicted molar refractivity (Wildman–Crippen MR) is 66.7 cm³/mol. The van der Waals surface area contributed by atoms with Gasteiger partial charge in [0.05, 0.1) is 11.4 Å². The van der Waals surface area contributed by atoms with Crippen LogP contribution < -0.4 is 4.90 Å². The lowest BCUT2D eigenvalue weighted by Gasteiger charge is -2.28. The minimum absolute atomic E-state index is 0.506. The van der Waals surface area contributed by atoms with Crippen LogP contribution in [0.3, 0.4) is 0 Å². The van der Waals surface area contributed by atoms with Crippen molar-refractivity contribution in [2.75, 3.05) is 11.9 Å². The van der Waals surface area contributed by atoms with Crippen molar-refractivity contribution in [3.8, 4) is 0 Å². The Morgan fingerprint density at radius 1 is 0.933 bits per heavy atom. The van der Waals surface area contributed by atoms with Gasteiger partial charge in [0.2, 0.25) is 0 Å². The molecule has 0 aliphatic carbocycles. The SMILES string of the molecule is Cc1nc(C)c(N(C)C(C)C)c(C)c1C. The molecule has 2 nitrogen and oxygen atoms in total. The molecule has 0 bridgehead atoms. The summed E-state index contributed by atoms with van der Waals surface area (Å²) in [5.41, 5.74) is 6.23. The average Bonchev–Trinajstić information content (AvgIpc) is 2.14. The summed E-state index contributed by atoms with van der Waals surface area (Å²) >= 11 is 0. The van der Waals surface area contributed by atoms with E-state index in [0.29, 0.717) is 6.04 Å². The predicted octanol–water partition coefficient (Wildman–Crippen LogP) is 3.16. The molecule has 0 radical (unpaired) electrons. The van der Waals surface area contributed by atoms with E-state index in [1.165, 1.54) is 16.8 Å². The summed E-state index contributed by atoms with van der Waals surface area (Å²) in [7, 11) is 2.14. The van der Waals surface area contributed by atoms with E-state index in [1.54, 1.807) is 0 Å². The van der Waals surface area contributed by atoms with Crippen LogP contribution in [0.15, 0.2) is 0 Å². The first-order valence-electron chi connectivity index (χ1n) is 5.53. The van der Waals surface area contributed by atoms with Gasteiger partial charge in [-0.15, -0.1) is 0 Å². The molecule has 0 atom stereocenters. The van der Waals surface area contributed by atoms with Crippen LogP contribution in [-0.4, -0.2) is 18.1 Å². The molecule has 0 aromatic carbocycles. The summed E-state index contributed by atoms with van der Waals surface area (Å²) in [6.45, 7) is 12.9. The fourth-order valence-corrected chi connectivity index (χ4v) is 1.89. The third-order valence-electron chi connectivity index (χ3n) is 3.27. The zero-order valence-corrected chi connectivity index (χ0v) is 11.0. The van der Waals surface area contributed by atoms with Crippen LogP contribution in [0.4, 0.5) is 5.69 Å². The Bertz CT molecular complexity index is 367. The molecule has 0 aliphatic rings. The zero-order chi connectivity index (χ0) is 11.7. The first-order chi connectivity index (χ1) is 6.86. The highest BCUT2D eigenvalue weighted by Crippen LogP contribution is 2.27. The summed E-state index contributed by atoms with van der Waals surface area (Å²) in [4.78, 5) is 6.89. The second-order valence-electron chi connectivity index (χ2n) is 4.59. The summed E-state index contributed by atoms with van der Waals surface area (Å²) in [5.74, 6) is 0. The van der Waals surface area contributed by atoms with Crippen molar-refractivity contribution in [2.45, 2.75) is 47.6 Å². The highest BCUT2D eigenvalue weighted by molar-refractivity contribution is 5.59. The third kappa shape index (κ3) is 2.14. The van der Waals surface area contributed by atoms with Gasteiger partial charge in [0.1, 0.15) is 0 Å². The number of aryl methyl sites for hydroxylation is 2. The lowest BCUT2D eigenvalue weighted by Crippen LogP contribution is -2.28. The van der Waals surface area contributed by atoms with Gasteiger partial charge in [0.25, 0.3) is 0 Å². The highest BCUT2D eigenvalue weighted by Gasteiger charge is 2.14. The fraction of sp³-hybridized carbons (Fsp3) is 0.615. The quantitative estimate of drug-likeness (QED) is 0.739. The largest absolute Gasteiger partial charge is 0.370 e. The zero-order valence-electron chi connectivity index (χ0n) is 11.0. The van der Waals surface area contributed by atoms with Crippen LogP contribution in [0.25, 0.3) is 0 Å². The number of hydrogen-bond donors (Lipinski definition) is 0. The molecular formula is C13H22N2. The van der Waals surface area contributed by atoms with Gasteiger partial charge in [-0.2, -0.15) is 0 Å². The van der Waals surface area contributed by atoms with E-state index in [0.717, 1.165) is 11.4 Å². The van der Waals surface area contributed by atoms with E-state index in [4.69, 9.17) is 0 Å². The van der Waals surface area contributed by atoms with Crippen molar-refractivity contribution in [3.05, 3.63) is 22.5 Å². The van der Waals surface area contributed by atoms with E-state index in [9.17, 15) is 0 Å². The molecule has 2 heteroatoms. The Kier molecular flexibility index (Phi) is 3.38. The van der Waals surface area contributed by atoms with Gasteiger partial charge in [-0.1, -0.05) is 0 Å². The number of rotatable bonds is 2. The standard InChI is InChI=1S/C13H22N2/c1-8(2)15(7)13-10(4)9(3)11(5)14-12(13)6/h8H,1-7H3. The molecule has 0 amide bonds. The Morgan fingerprint density at radius 2 is 1.47 bits per heavy atom. The van der Waals surface area contributed by atoms with Crippen LogP contribution in [-0.2, 0) is 0 Å². The minimum Gasteiger partial charge on any atom is -0.370 e. The van der Waals surface area contributed by atoms with Crippen LogP contribution in [0.2, 0.25) is 0 Å². The second kappa shape index (κ2) is 4.21. The summed E-state index contributed by atoms with van der Waals surface area (Å²) in [6.07, 6.45) is 0. The maximum Gasteiger partial charge on any atom is 0.0614 e. The summed E-state index contributed by atoms with van der Waals surface area (Å²) in [5, 5.41) is 0. The van der Waals surface area contributed by atoms with Crippen LogP contribution >= 0.6 is 0 Å². The molecule has 1 aromatic heterocycles. The van der Waals surface area contributed by atoms with E-state index in [2.05, 4.69) is 58.5 Å². The topological polar surface area (TPSA) is 16.1 Å². The molecule has 1 heterocycles. The number of hydrogen-bond acceptors (Lipinski definition) is 2. The molecule has 1 rings (SSSR count). The molecule has 0 N–H and O–H groups in total. The lowest BCUT2D eigenvalue weighted by atomic mass is 10.0. The molecule has 0 fully saturated rings. The van der Waals surface area contributed by atoms with Gasteiger partial charge in [0.15, 0.2) is 0 Å². The number of anilines is 1. The first kappa shape index (κ1) is 12.0. The minimum atomic E-state index is 0.506. The van der Waals surface area contributed by atoms with Gasteiger partial charge in [-0.05, 0) is 52.7 Å². The maximum atomic E-state index is 4.60. The van der Waals surface area contributed by atoms with Crippen molar-refractivity contribution >= 4 is 5.69 Å². The first-order valence-corrected chi connectivity index (χ1v) is 5.53. The normalized spacial score (nSPS) is 10.9. The molecule has 1 aromatic rings. The van der Waals surface area contributed by atoms with Gasteiger partial charge < -0.3 is 4.90 Å². The Morgan fingerprint density at radius 3 is 1.93 bits per heavy atom. The third-order valence-corrected chi connectivity index (χ3v) is 3.27. The van der Waals surface area contributed by atoms with Gasteiger partial charge in [0, 0.05) is 18.8 Å². The number of pyridine rings is 1. The molecule has 0 spiro atoms. The highest BCUT2D eigenvalue weighted by atomic mass is 15.1. The van der Waals surface area contributed by atoms with Crippen molar-refractivity contribution < 1.29 is 0 Å². The van der Waals surface area contributed by atoms with E-state index < -0.39 is 0 Å². The van der Waals surface area contributed by atoms with Crippen molar-refractivity contribution in [2.24, 2.45) is 0 Å². The lowest BCUT2D eigenvalue weighted by molar-refractivity contribution is 0.745. The van der Waals surface area contributed by atoms with Crippen molar-refractivity contribution in [1.82, 2.24) is 4.98 Å². The average molecular weight is 206 g/mol. The smallest absolute Gasteiger partial charge is 0.0614 e. The van der Waals surface area contributed by atoms with E-state index >= 15 is 0 Å². The Balaban J connectivity index is 3.36. The molecule has 0 unspecified atom stereocenters. The summed E-state index contributed by atoms with van der Waals surface area (Å²) < 4.78 is 0. The maximum absolute atomic E-state index is 4.60. The fourth-order valence-electron chi connectivity index (χ4n) is 1.89. The van der Waals surface area contributed by atoms with E-state index in [1.807, 2.05) is 0 Å². The van der Waals surface area contributed by atoms with Gasteiger partial charge in [-0.3, -0.25) is 4.98 Å². The van der Waals surface area contributed by atoms with E-state index in [-0.39, 0.29) is 0 Å². The monoisotopic (exact) mass is 206 g/mol. The number of nitrogens with zero attached hydrogens (tertiary/aromatic N) is 2. The Labute approximate surface area is 93.3 Å². The van der Waals surface area contributed by atoms with Crippen molar-refractivity contribution in [1.29, 1.82) is 0 Å². The molecule has 0 saturated carbocycles. The molecule has 0 aliphatic heterocycles. The number of aromatic nitrogens is 1. The van der Waals surface area contributed by atoms with Crippen LogP contribution in [0, 0.1) is 27.7 Å². The summed E-state index contributed by atoms with van der Waals surface area (Å²) in [6, 6.07) is 0.506. The molecular weight excluding hydrogens is 184 g/mol. The Hall–Kier alpha value is -1.05. The van der Waals surface area contributed by atoms with Gasteiger partial charge in [-0.25, -0.2) is 0 Å². The molecule has 15 heavy (non-hydrogen) atoms. The molecule has 84 valence electrons. The van der Waals surface area contributed by atoms with Crippen LogP contribution in [0.1, 0.15) is 36.4 Å². The van der Waals surface area contributed by atoms with Gasteiger partial charge >= 0.3 is 0 Å².